The Kier molecular flexibility index (Phi) is 4.29. The maximum absolute atomic E-state index is 13.1. The minimum absolute atomic E-state index is 0.174. The van der Waals surface area contributed by atoms with Gasteiger partial charge >= 0.3 is 0 Å². The van der Waals surface area contributed by atoms with Crippen LogP contribution in [0, 0.1) is 0 Å². The van der Waals surface area contributed by atoms with Crippen molar-refractivity contribution in [1.82, 2.24) is 5.32 Å². The Labute approximate surface area is 152 Å². The molecular weight excluding hydrogens is 360 g/mol. The first-order valence-electron chi connectivity index (χ1n) is 7.82. The molecule has 0 aromatic heterocycles. The zero-order chi connectivity index (χ0) is 18.4. The maximum Gasteiger partial charge on any atom is 0.265 e. The summed E-state index contributed by atoms with van der Waals surface area (Å²) in [5.74, 6) is -0.364. The van der Waals surface area contributed by atoms with E-state index >= 15 is 0 Å². The van der Waals surface area contributed by atoms with Crippen LogP contribution in [0.25, 0.3) is 11.1 Å². The lowest BCUT2D eigenvalue weighted by Crippen LogP contribution is -2.48. The summed E-state index contributed by atoms with van der Waals surface area (Å²) in [6, 6.07) is 11.7. The number of fused-ring (bicyclic) bond motifs is 3. The van der Waals surface area contributed by atoms with Crippen molar-refractivity contribution in [2.75, 3.05) is 10.8 Å². The first-order valence-corrected chi connectivity index (χ1v) is 9.64. The van der Waals surface area contributed by atoms with Gasteiger partial charge in [-0.15, -0.1) is 0 Å². The van der Waals surface area contributed by atoms with E-state index in [0.717, 1.165) is 4.31 Å². The second-order valence-electron chi connectivity index (χ2n) is 6.97. The lowest BCUT2D eigenvalue weighted by Gasteiger charge is -2.32. The van der Waals surface area contributed by atoms with E-state index in [-0.39, 0.29) is 17.3 Å². The van der Waals surface area contributed by atoms with Gasteiger partial charge < -0.3 is 5.32 Å². The number of benzene rings is 2. The predicted octanol–water partition coefficient (Wildman–Crippen LogP) is 3.43. The van der Waals surface area contributed by atoms with E-state index in [4.69, 9.17) is 11.6 Å². The SMILES string of the molecule is CC(C)(C)NC(=O)CN1c2ccc(Cl)cc2-c2ccccc2S1(=O)=O. The molecule has 1 heterocycles. The van der Waals surface area contributed by atoms with Crippen molar-refractivity contribution >= 4 is 33.2 Å². The summed E-state index contributed by atoms with van der Waals surface area (Å²) in [4.78, 5) is 12.5. The van der Waals surface area contributed by atoms with Crippen molar-refractivity contribution in [1.29, 1.82) is 0 Å². The predicted molar refractivity (Wildman–Crippen MR) is 99.3 cm³/mol. The molecule has 2 aromatic rings. The highest BCUT2D eigenvalue weighted by atomic mass is 35.5. The molecule has 5 nitrogen and oxygen atoms in total. The Morgan fingerprint density at radius 1 is 1.12 bits per heavy atom. The third-order valence-electron chi connectivity index (χ3n) is 3.77. The second-order valence-corrected chi connectivity index (χ2v) is 9.23. The summed E-state index contributed by atoms with van der Waals surface area (Å²) >= 11 is 6.11. The fourth-order valence-corrected chi connectivity index (χ4v) is 4.68. The smallest absolute Gasteiger partial charge is 0.265 e. The van der Waals surface area contributed by atoms with Gasteiger partial charge in [0.15, 0.2) is 0 Å². The fourth-order valence-electron chi connectivity index (χ4n) is 2.86. The minimum atomic E-state index is -3.83. The third-order valence-corrected chi connectivity index (χ3v) is 5.83. The molecule has 0 saturated carbocycles. The number of carbonyl (C=O) groups excluding carboxylic acids is 1. The molecular formula is C18H19ClN2O3S. The number of amides is 1. The number of anilines is 1. The standard InChI is InChI=1S/C18H19ClN2O3S/c1-18(2,3)20-17(22)11-21-15-9-8-12(19)10-14(15)13-6-4-5-7-16(13)25(21,23)24/h4-10H,11H2,1-3H3,(H,20,22). The Balaban J connectivity index is 2.12. The van der Waals surface area contributed by atoms with Crippen LogP contribution >= 0.6 is 11.6 Å². The van der Waals surface area contributed by atoms with Gasteiger partial charge in [0.05, 0.1) is 10.6 Å². The molecule has 1 aliphatic heterocycles. The summed E-state index contributed by atoms with van der Waals surface area (Å²) < 4.78 is 27.3. The molecule has 0 aliphatic carbocycles. The topological polar surface area (TPSA) is 66.5 Å². The van der Waals surface area contributed by atoms with Gasteiger partial charge in [-0.25, -0.2) is 8.42 Å². The van der Waals surface area contributed by atoms with Gasteiger partial charge in [-0.05, 0) is 45.0 Å². The largest absolute Gasteiger partial charge is 0.350 e. The van der Waals surface area contributed by atoms with Crippen LogP contribution in [0.4, 0.5) is 5.69 Å². The second kappa shape index (κ2) is 6.04. The van der Waals surface area contributed by atoms with E-state index in [9.17, 15) is 13.2 Å². The number of rotatable bonds is 2. The zero-order valence-corrected chi connectivity index (χ0v) is 15.8. The number of halogens is 1. The highest BCUT2D eigenvalue weighted by Gasteiger charge is 2.36. The first kappa shape index (κ1) is 17.8. The molecule has 25 heavy (non-hydrogen) atoms. The molecule has 132 valence electrons. The van der Waals surface area contributed by atoms with Gasteiger partial charge in [0.1, 0.15) is 6.54 Å². The highest BCUT2D eigenvalue weighted by molar-refractivity contribution is 7.93. The molecule has 3 rings (SSSR count). The van der Waals surface area contributed by atoms with Crippen molar-refractivity contribution in [3.8, 4) is 11.1 Å². The fraction of sp³-hybridized carbons (Fsp3) is 0.278. The molecule has 7 heteroatoms. The third kappa shape index (κ3) is 3.37. The van der Waals surface area contributed by atoms with E-state index in [1.165, 1.54) is 0 Å². The highest BCUT2D eigenvalue weighted by Crippen LogP contribution is 2.43. The van der Waals surface area contributed by atoms with Crippen LogP contribution in [-0.2, 0) is 14.8 Å². The van der Waals surface area contributed by atoms with Crippen molar-refractivity contribution < 1.29 is 13.2 Å². The quantitative estimate of drug-likeness (QED) is 0.870. The average Bonchev–Trinajstić information content (AvgIpc) is 2.50. The summed E-state index contributed by atoms with van der Waals surface area (Å²) in [6.45, 7) is 5.25. The van der Waals surface area contributed by atoms with Gasteiger partial charge in [-0.1, -0.05) is 29.8 Å². The van der Waals surface area contributed by atoms with Gasteiger partial charge in [-0.3, -0.25) is 9.10 Å². The van der Waals surface area contributed by atoms with Crippen LogP contribution in [0.2, 0.25) is 5.02 Å². The summed E-state index contributed by atoms with van der Waals surface area (Å²) in [5.41, 5.74) is 1.29. The molecule has 0 radical (unpaired) electrons. The van der Waals surface area contributed by atoms with Crippen LogP contribution in [0.5, 0.6) is 0 Å². The number of hydrogen-bond acceptors (Lipinski definition) is 3. The Morgan fingerprint density at radius 2 is 1.80 bits per heavy atom. The molecule has 1 amide bonds. The maximum atomic E-state index is 13.1. The Hall–Kier alpha value is -2.05. The van der Waals surface area contributed by atoms with E-state index in [1.807, 2.05) is 20.8 Å². The molecule has 0 atom stereocenters. The monoisotopic (exact) mass is 378 g/mol. The number of hydrogen-bond donors (Lipinski definition) is 1. The van der Waals surface area contributed by atoms with Gasteiger partial charge in [-0.2, -0.15) is 0 Å². The van der Waals surface area contributed by atoms with Crippen molar-refractivity contribution in [3.05, 3.63) is 47.5 Å². The lowest BCUT2D eigenvalue weighted by atomic mass is 10.0. The van der Waals surface area contributed by atoms with Gasteiger partial charge in [0.2, 0.25) is 5.91 Å². The normalized spacial score (nSPS) is 15.3. The van der Waals surface area contributed by atoms with Crippen LogP contribution in [-0.4, -0.2) is 26.4 Å². The van der Waals surface area contributed by atoms with Crippen LogP contribution in [0.1, 0.15) is 20.8 Å². The molecule has 0 spiro atoms. The first-order chi connectivity index (χ1) is 11.6. The molecule has 0 fully saturated rings. The minimum Gasteiger partial charge on any atom is -0.350 e. The summed E-state index contributed by atoms with van der Waals surface area (Å²) in [6.07, 6.45) is 0. The number of nitrogens with zero attached hydrogens (tertiary/aromatic N) is 1. The number of nitrogens with one attached hydrogen (secondary N) is 1. The molecule has 0 bridgehead atoms. The van der Waals surface area contributed by atoms with Crippen LogP contribution < -0.4 is 9.62 Å². The molecule has 1 aliphatic rings. The molecule has 0 unspecified atom stereocenters. The average molecular weight is 379 g/mol. The van der Waals surface area contributed by atoms with E-state index < -0.39 is 15.6 Å². The zero-order valence-electron chi connectivity index (χ0n) is 14.2. The van der Waals surface area contributed by atoms with Gasteiger partial charge in [0.25, 0.3) is 10.0 Å². The molecule has 0 saturated heterocycles. The Morgan fingerprint density at radius 3 is 2.48 bits per heavy atom. The molecule has 2 aromatic carbocycles. The van der Waals surface area contributed by atoms with Crippen LogP contribution in [0.15, 0.2) is 47.4 Å². The lowest BCUT2D eigenvalue weighted by molar-refractivity contribution is -0.121. The number of carbonyl (C=O) groups is 1. The molecule has 1 N–H and O–H groups in total. The van der Waals surface area contributed by atoms with Crippen molar-refractivity contribution in [3.63, 3.8) is 0 Å². The summed E-state index contributed by atoms with van der Waals surface area (Å²) in [5, 5.41) is 3.31. The van der Waals surface area contributed by atoms with E-state index in [2.05, 4.69) is 5.32 Å². The van der Waals surface area contributed by atoms with Crippen LogP contribution in [0.3, 0.4) is 0 Å². The van der Waals surface area contributed by atoms with E-state index in [1.54, 1.807) is 42.5 Å². The number of sulfonamides is 1. The van der Waals surface area contributed by atoms with Crippen molar-refractivity contribution in [2.45, 2.75) is 31.2 Å². The van der Waals surface area contributed by atoms with Crippen molar-refractivity contribution in [2.24, 2.45) is 0 Å². The Bertz CT molecular complexity index is 949. The van der Waals surface area contributed by atoms with E-state index in [0.29, 0.717) is 21.8 Å². The summed E-state index contributed by atoms with van der Waals surface area (Å²) in [7, 11) is -3.83. The van der Waals surface area contributed by atoms with Gasteiger partial charge in [0, 0.05) is 21.7 Å².